The van der Waals surface area contributed by atoms with Crippen LogP contribution in [-0.2, 0) is 16.0 Å². The SMILES string of the molecule is CCOC1CC(NCc2ccc(C(=O)OC)cn2)C1(C)C. The lowest BCUT2D eigenvalue weighted by molar-refractivity contribution is -0.114. The van der Waals surface area contributed by atoms with Crippen molar-refractivity contribution in [1.29, 1.82) is 0 Å². The monoisotopic (exact) mass is 292 g/mol. The number of rotatable bonds is 6. The van der Waals surface area contributed by atoms with Gasteiger partial charge in [0.2, 0.25) is 0 Å². The third-order valence-electron chi connectivity index (χ3n) is 4.32. The third-order valence-corrected chi connectivity index (χ3v) is 4.32. The lowest BCUT2D eigenvalue weighted by Crippen LogP contribution is -2.60. The van der Waals surface area contributed by atoms with Gasteiger partial charge >= 0.3 is 5.97 Å². The number of pyridine rings is 1. The first-order valence-electron chi connectivity index (χ1n) is 7.37. The van der Waals surface area contributed by atoms with Crippen molar-refractivity contribution in [2.45, 2.75) is 45.9 Å². The van der Waals surface area contributed by atoms with Gasteiger partial charge in [0.25, 0.3) is 0 Å². The highest BCUT2D eigenvalue weighted by molar-refractivity contribution is 5.88. The van der Waals surface area contributed by atoms with Gasteiger partial charge in [0, 0.05) is 30.8 Å². The summed E-state index contributed by atoms with van der Waals surface area (Å²) in [6, 6.07) is 4.02. The fourth-order valence-electron chi connectivity index (χ4n) is 2.71. The molecule has 0 aliphatic heterocycles. The molecule has 0 bridgehead atoms. The summed E-state index contributed by atoms with van der Waals surface area (Å²) in [5, 5.41) is 3.52. The Bertz CT molecular complexity index is 485. The van der Waals surface area contributed by atoms with Crippen LogP contribution in [0.4, 0.5) is 0 Å². The zero-order valence-electron chi connectivity index (χ0n) is 13.2. The first-order chi connectivity index (χ1) is 9.98. The van der Waals surface area contributed by atoms with E-state index in [1.807, 2.05) is 13.0 Å². The van der Waals surface area contributed by atoms with Crippen molar-refractivity contribution in [3.8, 4) is 0 Å². The molecule has 5 nitrogen and oxygen atoms in total. The van der Waals surface area contributed by atoms with E-state index in [1.165, 1.54) is 7.11 Å². The molecule has 0 saturated heterocycles. The minimum atomic E-state index is -0.360. The van der Waals surface area contributed by atoms with E-state index in [-0.39, 0.29) is 11.4 Å². The predicted molar refractivity (Wildman–Crippen MR) is 80.0 cm³/mol. The van der Waals surface area contributed by atoms with Crippen molar-refractivity contribution >= 4 is 5.97 Å². The Balaban J connectivity index is 1.85. The Morgan fingerprint density at radius 3 is 2.76 bits per heavy atom. The van der Waals surface area contributed by atoms with Crippen LogP contribution in [0.15, 0.2) is 18.3 Å². The van der Waals surface area contributed by atoms with Crippen LogP contribution in [0.2, 0.25) is 0 Å². The zero-order chi connectivity index (χ0) is 15.5. The fourth-order valence-corrected chi connectivity index (χ4v) is 2.71. The number of ether oxygens (including phenoxy) is 2. The number of nitrogens with one attached hydrogen (secondary N) is 1. The van der Waals surface area contributed by atoms with E-state index >= 15 is 0 Å². The fraction of sp³-hybridized carbons (Fsp3) is 0.625. The molecule has 2 atom stereocenters. The molecule has 1 saturated carbocycles. The van der Waals surface area contributed by atoms with Gasteiger partial charge in [0.15, 0.2) is 0 Å². The van der Waals surface area contributed by atoms with Crippen molar-refractivity contribution in [3.05, 3.63) is 29.6 Å². The molecule has 0 amide bonds. The van der Waals surface area contributed by atoms with Crippen molar-refractivity contribution in [2.24, 2.45) is 5.41 Å². The average molecular weight is 292 g/mol. The smallest absolute Gasteiger partial charge is 0.339 e. The van der Waals surface area contributed by atoms with Crippen LogP contribution in [0.5, 0.6) is 0 Å². The summed E-state index contributed by atoms with van der Waals surface area (Å²) in [7, 11) is 1.37. The number of nitrogens with zero attached hydrogens (tertiary/aromatic N) is 1. The Morgan fingerprint density at radius 1 is 1.48 bits per heavy atom. The summed E-state index contributed by atoms with van der Waals surface area (Å²) in [5.41, 5.74) is 1.53. The van der Waals surface area contributed by atoms with E-state index in [4.69, 9.17) is 4.74 Å². The standard InChI is InChI=1S/C16H24N2O3/c1-5-21-14-8-13(16(14,2)3)18-10-12-7-6-11(9-17-12)15(19)20-4/h6-7,9,13-14,18H,5,8,10H2,1-4H3. The Hall–Kier alpha value is -1.46. The number of hydrogen-bond donors (Lipinski definition) is 1. The van der Waals surface area contributed by atoms with E-state index in [1.54, 1.807) is 12.3 Å². The van der Waals surface area contributed by atoms with E-state index in [0.29, 0.717) is 24.3 Å². The Morgan fingerprint density at radius 2 is 2.24 bits per heavy atom. The van der Waals surface area contributed by atoms with Gasteiger partial charge in [-0.1, -0.05) is 13.8 Å². The van der Waals surface area contributed by atoms with E-state index < -0.39 is 0 Å². The van der Waals surface area contributed by atoms with Gasteiger partial charge in [-0.3, -0.25) is 4.98 Å². The highest BCUT2D eigenvalue weighted by atomic mass is 16.5. The molecule has 1 aromatic heterocycles. The molecule has 1 aliphatic carbocycles. The first-order valence-corrected chi connectivity index (χ1v) is 7.37. The molecule has 2 unspecified atom stereocenters. The van der Waals surface area contributed by atoms with Crippen LogP contribution in [0.3, 0.4) is 0 Å². The second-order valence-corrected chi connectivity index (χ2v) is 5.96. The third kappa shape index (κ3) is 3.41. The quantitative estimate of drug-likeness (QED) is 0.814. The lowest BCUT2D eigenvalue weighted by atomic mass is 9.64. The van der Waals surface area contributed by atoms with Gasteiger partial charge in [-0.25, -0.2) is 4.79 Å². The second kappa shape index (κ2) is 6.54. The second-order valence-electron chi connectivity index (χ2n) is 5.96. The predicted octanol–water partition coefficient (Wildman–Crippen LogP) is 2.16. The van der Waals surface area contributed by atoms with Crippen LogP contribution in [0.25, 0.3) is 0 Å². The molecule has 0 spiro atoms. The van der Waals surface area contributed by atoms with Crippen LogP contribution in [0.1, 0.15) is 43.2 Å². The maximum Gasteiger partial charge on any atom is 0.339 e. The molecule has 0 radical (unpaired) electrons. The van der Waals surface area contributed by atoms with Crippen molar-refractivity contribution in [2.75, 3.05) is 13.7 Å². The highest BCUT2D eigenvalue weighted by Gasteiger charge is 2.48. The van der Waals surface area contributed by atoms with Crippen LogP contribution in [0, 0.1) is 5.41 Å². The van der Waals surface area contributed by atoms with E-state index in [9.17, 15) is 4.79 Å². The Kier molecular flexibility index (Phi) is 4.96. The number of hydrogen-bond acceptors (Lipinski definition) is 5. The van der Waals surface area contributed by atoms with E-state index in [2.05, 4.69) is 28.9 Å². The molecule has 1 fully saturated rings. The van der Waals surface area contributed by atoms with Gasteiger partial charge in [-0.05, 0) is 25.5 Å². The summed E-state index contributed by atoms with van der Waals surface area (Å²) in [6.45, 7) is 7.93. The topological polar surface area (TPSA) is 60.5 Å². The highest BCUT2D eigenvalue weighted by Crippen LogP contribution is 2.42. The number of carbonyl (C=O) groups excluding carboxylic acids is 1. The minimum Gasteiger partial charge on any atom is -0.465 e. The number of aromatic nitrogens is 1. The van der Waals surface area contributed by atoms with Crippen molar-refractivity contribution in [1.82, 2.24) is 10.3 Å². The summed E-state index contributed by atoms with van der Waals surface area (Å²) < 4.78 is 10.4. The summed E-state index contributed by atoms with van der Waals surface area (Å²) in [6.07, 6.45) is 2.91. The van der Waals surface area contributed by atoms with Gasteiger partial charge in [-0.2, -0.15) is 0 Å². The summed E-state index contributed by atoms with van der Waals surface area (Å²) >= 11 is 0. The van der Waals surface area contributed by atoms with Crippen LogP contribution >= 0.6 is 0 Å². The molecule has 1 aromatic rings. The molecule has 116 valence electrons. The molecule has 5 heteroatoms. The lowest BCUT2D eigenvalue weighted by Gasteiger charge is -2.51. The number of esters is 1. The molecule has 1 aliphatic rings. The Labute approximate surface area is 126 Å². The maximum absolute atomic E-state index is 11.3. The van der Waals surface area contributed by atoms with Gasteiger partial charge in [-0.15, -0.1) is 0 Å². The molecule has 2 rings (SSSR count). The molecule has 1 N–H and O–H groups in total. The molecular weight excluding hydrogens is 268 g/mol. The molecular formula is C16H24N2O3. The molecule has 1 heterocycles. The van der Waals surface area contributed by atoms with Crippen LogP contribution < -0.4 is 5.32 Å². The van der Waals surface area contributed by atoms with Crippen molar-refractivity contribution in [3.63, 3.8) is 0 Å². The summed E-state index contributed by atoms with van der Waals surface area (Å²) in [4.78, 5) is 15.6. The molecule has 0 aromatic carbocycles. The van der Waals surface area contributed by atoms with E-state index in [0.717, 1.165) is 18.7 Å². The van der Waals surface area contributed by atoms with Crippen LogP contribution in [-0.4, -0.2) is 36.8 Å². The van der Waals surface area contributed by atoms with Gasteiger partial charge in [0.1, 0.15) is 0 Å². The number of methoxy groups -OCH3 is 1. The van der Waals surface area contributed by atoms with Gasteiger partial charge < -0.3 is 14.8 Å². The van der Waals surface area contributed by atoms with Crippen molar-refractivity contribution < 1.29 is 14.3 Å². The normalized spacial score (nSPS) is 23.4. The zero-order valence-corrected chi connectivity index (χ0v) is 13.2. The largest absolute Gasteiger partial charge is 0.465 e. The number of carbonyl (C=O) groups is 1. The average Bonchev–Trinajstić information content (AvgIpc) is 2.50. The maximum atomic E-state index is 11.3. The molecule has 21 heavy (non-hydrogen) atoms. The summed E-state index contributed by atoms with van der Waals surface area (Å²) in [5.74, 6) is -0.360. The van der Waals surface area contributed by atoms with Gasteiger partial charge in [0.05, 0.1) is 24.5 Å². The first kappa shape index (κ1) is 15.9. The minimum absolute atomic E-state index is 0.141.